The molecule has 0 aliphatic rings. The summed E-state index contributed by atoms with van der Waals surface area (Å²) in [5.74, 6) is -2.39. The minimum atomic E-state index is -4.69. The van der Waals surface area contributed by atoms with Crippen molar-refractivity contribution in [3.05, 3.63) is 47.9 Å². The van der Waals surface area contributed by atoms with Crippen LogP contribution in [0, 0.1) is 5.92 Å². The Morgan fingerprint density at radius 1 is 1.03 bits per heavy atom. The Bertz CT molecular complexity index is 984. The maximum atomic E-state index is 13.0. The third-order valence-corrected chi connectivity index (χ3v) is 3.71. The van der Waals surface area contributed by atoms with Crippen LogP contribution in [0.1, 0.15) is 12.6 Å². The van der Waals surface area contributed by atoms with E-state index in [2.05, 4.69) is 30.7 Å². The summed E-state index contributed by atoms with van der Waals surface area (Å²) >= 11 is 0. The zero-order valence-electron chi connectivity index (χ0n) is 17.1. The molecule has 174 valence electrons. The molecule has 0 amide bonds. The number of hydrogen-bond donors (Lipinski definition) is 3. The summed E-state index contributed by atoms with van der Waals surface area (Å²) in [4.78, 5) is 15.6. The predicted octanol–water partition coefficient (Wildman–Crippen LogP) is 3.81. The van der Waals surface area contributed by atoms with Gasteiger partial charge in [-0.2, -0.15) is 41.3 Å². The summed E-state index contributed by atoms with van der Waals surface area (Å²) in [5, 5.41) is 4.02. The quantitative estimate of drug-likeness (QED) is 0.324. The molecule has 0 aliphatic heterocycles. The number of nitrogens with two attached hydrogens (primary N) is 1. The Labute approximate surface area is 179 Å². The van der Waals surface area contributed by atoms with E-state index < -0.39 is 24.0 Å². The lowest BCUT2D eigenvalue weighted by Gasteiger charge is -2.16. The normalized spacial score (nSPS) is 14.1. The highest BCUT2D eigenvalue weighted by atomic mass is 19.4. The lowest BCUT2D eigenvalue weighted by Crippen LogP contribution is -2.22. The van der Waals surface area contributed by atoms with E-state index in [-0.39, 0.29) is 29.1 Å². The van der Waals surface area contributed by atoms with Crippen LogP contribution in [-0.4, -0.2) is 45.2 Å². The number of pyridine rings is 1. The number of hydrazine groups is 1. The van der Waals surface area contributed by atoms with Crippen molar-refractivity contribution in [1.29, 1.82) is 0 Å². The van der Waals surface area contributed by atoms with E-state index in [9.17, 15) is 26.3 Å². The Hall–Kier alpha value is -3.42. The maximum Gasteiger partial charge on any atom is 0.433 e. The van der Waals surface area contributed by atoms with Crippen molar-refractivity contribution in [2.45, 2.75) is 19.3 Å². The number of hydrogen-bond acceptors (Lipinski definition) is 8. The van der Waals surface area contributed by atoms with Crippen molar-refractivity contribution in [3.63, 3.8) is 0 Å². The number of aromatic nitrogens is 4. The van der Waals surface area contributed by atoms with Gasteiger partial charge in [0.15, 0.2) is 5.82 Å². The first-order chi connectivity index (χ1) is 14.8. The van der Waals surface area contributed by atoms with Gasteiger partial charge in [0.2, 0.25) is 11.9 Å². The van der Waals surface area contributed by atoms with E-state index in [0.29, 0.717) is 0 Å². The fourth-order valence-electron chi connectivity index (χ4n) is 2.25. The van der Waals surface area contributed by atoms with Crippen molar-refractivity contribution in [2.24, 2.45) is 11.7 Å². The van der Waals surface area contributed by atoms with Gasteiger partial charge in [0.05, 0.1) is 5.92 Å². The van der Waals surface area contributed by atoms with Crippen LogP contribution in [0.25, 0.3) is 11.5 Å². The molecule has 0 bridgehead atoms. The zero-order valence-corrected chi connectivity index (χ0v) is 17.1. The van der Waals surface area contributed by atoms with Crippen molar-refractivity contribution in [1.82, 2.24) is 24.9 Å². The van der Waals surface area contributed by atoms with E-state index >= 15 is 0 Å². The molecule has 14 heteroatoms. The second kappa shape index (κ2) is 9.80. The van der Waals surface area contributed by atoms with E-state index in [1.54, 1.807) is 14.1 Å². The number of alkyl halides is 6. The highest BCUT2D eigenvalue weighted by molar-refractivity contribution is 5.55. The van der Waals surface area contributed by atoms with Gasteiger partial charge in [0.25, 0.3) is 0 Å². The molecule has 1 atom stereocenters. The van der Waals surface area contributed by atoms with E-state index in [1.165, 1.54) is 11.1 Å². The summed E-state index contributed by atoms with van der Waals surface area (Å²) in [6.07, 6.45) is -6.16. The molecule has 0 saturated carbocycles. The van der Waals surface area contributed by atoms with Gasteiger partial charge in [-0.15, -0.1) is 0 Å². The Morgan fingerprint density at radius 2 is 1.69 bits per heavy atom. The monoisotopic (exact) mass is 462 g/mol. The minimum Gasteiger partial charge on any atom is -0.405 e. The topological polar surface area (TPSA) is 105 Å². The first kappa shape index (κ1) is 24.8. The molecular formula is C18H20F6N8. The average Bonchev–Trinajstić information content (AvgIpc) is 2.66. The summed E-state index contributed by atoms with van der Waals surface area (Å²) < 4.78 is 77.9. The number of anilines is 2. The first-order valence-corrected chi connectivity index (χ1v) is 8.98. The second-order valence-corrected chi connectivity index (χ2v) is 6.65. The highest BCUT2D eigenvalue weighted by Crippen LogP contribution is 2.30. The van der Waals surface area contributed by atoms with E-state index in [1.807, 2.05) is 0 Å². The van der Waals surface area contributed by atoms with Crippen LogP contribution in [0.3, 0.4) is 0 Å². The van der Waals surface area contributed by atoms with Gasteiger partial charge < -0.3 is 11.1 Å². The van der Waals surface area contributed by atoms with Gasteiger partial charge in [-0.1, -0.05) is 13.0 Å². The molecule has 2 aromatic heterocycles. The van der Waals surface area contributed by atoms with Gasteiger partial charge in [-0.25, -0.2) is 9.99 Å². The van der Waals surface area contributed by atoms with Crippen molar-refractivity contribution in [3.8, 4) is 11.5 Å². The van der Waals surface area contributed by atoms with Gasteiger partial charge in [-0.05, 0) is 30.5 Å². The van der Waals surface area contributed by atoms with Crippen LogP contribution in [-0.2, 0) is 6.18 Å². The van der Waals surface area contributed by atoms with Crippen LogP contribution in [0.4, 0.5) is 38.2 Å². The van der Waals surface area contributed by atoms with Crippen LogP contribution in [0.15, 0.2) is 42.2 Å². The molecule has 0 aromatic carbocycles. The van der Waals surface area contributed by atoms with Crippen LogP contribution in [0.2, 0.25) is 0 Å². The summed E-state index contributed by atoms with van der Waals surface area (Å²) in [6, 6.07) is 3.18. The molecule has 2 aromatic rings. The van der Waals surface area contributed by atoms with E-state index in [0.717, 1.165) is 37.4 Å². The molecule has 0 saturated heterocycles. The predicted molar refractivity (Wildman–Crippen MR) is 106 cm³/mol. The lowest BCUT2D eigenvalue weighted by molar-refractivity contribution is -0.156. The SMILES string of the molecule is CC(/C=C(\C=C/N)Nc1nc(NN(C)C)nc(-c2cccc(C(F)(F)F)n2)n1)C(F)(F)F. The van der Waals surface area contributed by atoms with Crippen LogP contribution >= 0.6 is 0 Å². The van der Waals surface area contributed by atoms with Gasteiger partial charge in [-0.3, -0.25) is 5.43 Å². The first-order valence-electron chi connectivity index (χ1n) is 8.98. The third-order valence-electron chi connectivity index (χ3n) is 3.71. The largest absolute Gasteiger partial charge is 0.433 e. The average molecular weight is 462 g/mol. The number of halogens is 6. The highest BCUT2D eigenvalue weighted by Gasteiger charge is 2.35. The molecule has 32 heavy (non-hydrogen) atoms. The molecule has 2 heterocycles. The molecule has 0 fully saturated rings. The van der Waals surface area contributed by atoms with Crippen molar-refractivity contribution >= 4 is 11.9 Å². The molecule has 8 nitrogen and oxygen atoms in total. The standard InChI is InChI=1S/C18H20F6N8/c1-10(17(19,20)21)9-11(7-8-25)26-15-28-14(29-16(30-15)31-32(2)3)12-5-4-6-13(27-12)18(22,23)24/h4-10H,25H2,1-3H3,(H2,26,28,29,30,31)/b8-7-,11-9+. The maximum absolute atomic E-state index is 13.0. The summed E-state index contributed by atoms with van der Waals surface area (Å²) in [5.41, 5.74) is 6.57. The lowest BCUT2D eigenvalue weighted by atomic mass is 10.1. The number of allylic oxidation sites excluding steroid dienone is 2. The van der Waals surface area contributed by atoms with Crippen LogP contribution < -0.4 is 16.5 Å². The van der Waals surface area contributed by atoms with E-state index in [4.69, 9.17) is 5.73 Å². The van der Waals surface area contributed by atoms with Crippen molar-refractivity contribution in [2.75, 3.05) is 24.8 Å². The second-order valence-electron chi connectivity index (χ2n) is 6.65. The van der Waals surface area contributed by atoms with Gasteiger partial charge in [0.1, 0.15) is 11.4 Å². The molecular weight excluding hydrogens is 442 g/mol. The number of rotatable bonds is 7. The summed E-state index contributed by atoms with van der Waals surface area (Å²) in [6.45, 7) is 0.941. The van der Waals surface area contributed by atoms with Gasteiger partial charge in [0, 0.05) is 19.8 Å². The molecule has 1 unspecified atom stereocenters. The summed E-state index contributed by atoms with van der Waals surface area (Å²) in [7, 11) is 3.21. The van der Waals surface area contributed by atoms with Gasteiger partial charge >= 0.3 is 12.4 Å². The molecule has 0 spiro atoms. The third kappa shape index (κ3) is 7.08. The number of nitrogens with zero attached hydrogens (tertiary/aromatic N) is 5. The van der Waals surface area contributed by atoms with Crippen LogP contribution in [0.5, 0.6) is 0 Å². The Balaban J connectivity index is 2.52. The number of nitrogens with one attached hydrogen (secondary N) is 2. The fraction of sp³-hybridized carbons (Fsp3) is 0.333. The smallest absolute Gasteiger partial charge is 0.405 e. The molecule has 4 N–H and O–H groups in total. The minimum absolute atomic E-state index is 0.0812. The fourth-order valence-corrected chi connectivity index (χ4v) is 2.25. The van der Waals surface area contributed by atoms with Crippen molar-refractivity contribution < 1.29 is 26.3 Å². The molecule has 0 radical (unpaired) electrons. The zero-order chi connectivity index (χ0) is 24.1. The Kier molecular flexibility index (Phi) is 7.61. The Morgan fingerprint density at radius 3 is 2.25 bits per heavy atom. The molecule has 0 aliphatic carbocycles. The molecule has 2 rings (SSSR count).